The van der Waals surface area contributed by atoms with Gasteiger partial charge in [-0.15, -0.1) is 0 Å². The van der Waals surface area contributed by atoms with Crippen LogP contribution < -0.4 is 0 Å². The highest BCUT2D eigenvalue weighted by Crippen LogP contribution is 2.27. The molecule has 1 aliphatic heterocycles. The van der Waals surface area contributed by atoms with Crippen molar-refractivity contribution in [3.8, 4) is 11.5 Å². The SMILES string of the molecule is O=C(c1ccc(F)cc1)N1CCc2oc(-c3ccc(F)cc3)nc2C1. The van der Waals surface area contributed by atoms with E-state index >= 15 is 0 Å². The van der Waals surface area contributed by atoms with E-state index in [9.17, 15) is 13.6 Å². The molecule has 6 heteroatoms. The van der Waals surface area contributed by atoms with Gasteiger partial charge in [0.2, 0.25) is 5.89 Å². The summed E-state index contributed by atoms with van der Waals surface area (Å²) in [6, 6.07) is 11.4. The minimum absolute atomic E-state index is 0.169. The molecule has 126 valence electrons. The molecule has 2 heterocycles. The second-order valence-corrected chi connectivity index (χ2v) is 5.88. The van der Waals surface area contributed by atoms with E-state index in [4.69, 9.17) is 4.42 Å². The number of amides is 1. The first-order chi connectivity index (χ1) is 12.1. The van der Waals surface area contributed by atoms with Crippen LogP contribution in [0.4, 0.5) is 8.78 Å². The Kier molecular flexibility index (Phi) is 3.80. The van der Waals surface area contributed by atoms with Gasteiger partial charge in [0.25, 0.3) is 5.91 Å². The Hall–Kier alpha value is -3.02. The number of fused-ring (bicyclic) bond motifs is 1. The topological polar surface area (TPSA) is 46.3 Å². The van der Waals surface area contributed by atoms with E-state index in [-0.39, 0.29) is 17.5 Å². The van der Waals surface area contributed by atoms with Crippen molar-refractivity contribution >= 4 is 5.91 Å². The lowest BCUT2D eigenvalue weighted by molar-refractivity contribution is 0.0728. The van der Waals surface area contributed by atoms with Gasteiger partial charge in [0.15, 0.2) is 0 Å². The largest absolute Gasteiger partial charge is 0.441 e. The fraction of sp³-hybridized carbons (Fsp3) is 0.158. The van der Waals surface area contributed by atoms with Gasteiger partial charge < -0.3 is 9.32 Å². The van der Waals surface area contributed by atoms with Gasteiger partial charge in [-0.25, -0.2) is 13.8 Å². The molecular formula is C19H14F2N2O2. The highest BCUT2D eigenvalue weighted by Gasteiger charge is 2.26. The van der Waals surface area contributed by atoms with Crippen LogP contribution in [0, 0.1) is 11.6 Å². The van der Waals surface area contributed by atoms with Crippen LogP contribution in [0.15, 0.2) is 52.9 Å². The van der Waals surface area contributed by atoms with Crippen LogP contribution in [0.2, 0.25) is 0 Å². The summed E-state index contributed by atoms with van der Waals surface area (Å²) in [5, 5.41) is 0. The van der Waals surface area contributed by atoms with Crippen LogP contribution >= 0.6 is 0 Å². The average molecular weight is 340 g/mol. The first-order valence-electron chi connectivity index (χ1n) is 7.89. The first-order valence-corrected chi connectivity index (χ1v) is 7.89. The van der Waals surface area contributed by atoms with Gasteiger partial charge in [0.05, 0.1) is 6.54 Å². The number of hydrogen-bond donors (Lipinski definition) is 0. The number of aromatic nitrogens is 1. The van der Waals surface area contributed by atoms with Crippen molar-refractivity contribution in [1.82, 2.24) is 9.88 Å². The molecule has 4 nitrogen and oxygen atoms in total. The molecule has 0 aliphatic carbocycles. The summed E-state index contributed by atoms with van der Waals surface area (Å²) in [7, 11) is 0. The van der Waals surface area contributed by atoms with E-state index in [2.05, 4.69) is 4.98 Å². The third kappa shape index (κ3) is 3.03. The molecule has 1 aliphatic rings. The van der Waals surface area contributed by atoms with Gasteiger partial charge in [-0.2, -0.15) is 0 Å². The van der Waals surface area contributed by atoms with E-state index in [1.165, 1.54) is 36.4 Å². The summed E-state index contributed by atoms with van der Waals surface area (Å²) in [6.07, 6.45) is 0.552. The molecular weight excluding hydrogens is 326 g/mol. The van der Waals surface area contributed by atoms with Crippen molar-refractivity contribution in [2.24, 2.45) is 0 Å². The van der Waals surface area contributed by atoms with Crippen molar-refractivity contribution in [1.29, 1.82) is 0 Å². The van der Waals surface area contributed by atoms with Gasteiger partial charge in [0.1, 0.15) is 23.1 Å². The summed E-state index contributed by atoms with van der Waals surface area (Å²) in [4.78, 5) is 18.6. The van der Waals surface area contributed by atoms with E-state index in [0.29, 0.717) is 42.2 Å². The van der Waals surface area contributed by atoms with Gasteiger partial charge in [-0.3, -0.25) is 4.79 Å². The highest BCUT2D eigenvalue weighted by molar-refractivity contribution is 5.94. The van der Waals surface area contributed by atoms with E-state index in [1.807, 2.05) is 0 Å². The van der Waals surface area contributed by atoms with Crippen LogP contribution in [0.25, 0.3) is 11.5 Å². The predicted molar refractivity (Wildman–Crippen MR) is 86.7 cm³/mol. The second kappa shape index (κ2) is 6.12. The molecule has 0 spiro atoms. The number of oxazole rings is 1. The summed E-state index contributed by atoms with van der Waals surface area (Å²) in [5.41, 5.74) is 1.82. The minimum atomic E-state index is -0.377. The standard InChI is InChI=1S/C19H14F2N2O2/c20-14-5-1-12(2-6-14)18-22-16-11-23(10-9-17(16)25-18)19(24)13-3-7-15(21)8-4-13/h1-8H,9-11H2. The quantitative estimate of drug-likeness (QED) is 0.712. The molecule has 0 radical (unpaired) electrons. The molecule has 0 unspecified atom stereocenters. The lowest BCUT2D eigenvalue weighted by Gasteiger charge is -2.25. The zero-order valence-corrected chi connectivity index (χ0v) is 13.2. The Bertz CT molecular complexity index is 918. The summed E-state index contributed by atoms with van der Waals surface area (Å²) >= 11 is 0. The molecule has 0 atom stereocenters. The van der Waals surface area contributed by atoms with E-state index in [1.54, 1.807) is 17.0 Å². The van der Waals surface area contributed by atoms with Crippen molar-refractivity contribution in [3.05, 3.63) is 77.2 Å². The number of carbonyl (C=O) groups is 1. The number of hydrogen-bond acceptors (Lipinski definition) is 3. The Labute approximate surface area is 142 Å². The van der Waals surface area contributed by atoms with Gasteiger partial charge in [-0.05, 0) is 48.5 Å². The maximum atomic E-state index is 13.0. The number of rotatable bonds is 2. The molecule has 2 aromatic carbocycles. The fourth-order valence-electron chi connectivity index (χ4n) is 2.86. The van der Waals surface area contributed by atoms with Crippen molar-refractivity contribution < 1.29 is 18.0 Å². The molecule has 3 aromatic rings. The van der Waals surface area contributed by atoms with Gasteiger partial charge in [0, 0.05) is 24.1 Å². The summed E-state index contributed by atoms with van der Waals surface area (Å²) in [6.45, 7) is 0.831. The van der Waals surface area contributed by atoms with Crippen LogP contribution in [-0.4, -0.2) is 22.3 Å². The zero-order valence-electron chi connectivity index (χ0n) is 13.2. The number of benzene rings is 2. The second-order valence-electron chi connectivity index (χ2n) is 5.88. The summed E-state index contributed by atoms with van der Waals surface area (Å²) < 4.78 is 31.8. The lowest BCUT2D eigenvalue weighted by atomic mass is 10.1. The minimum Gasteiger partial charge on any atom is -0.441 e. The summed E-state index contributed by atoms with van der Waals surface area (Å²) in [5.74, 6) is 0.287. The molecule has 25 heavy (non-hydrogen) atoms. The van der Waals surface area contributed by atoms with Crippen LogP contribution in [-0.2, 0) is 13.0 Å². The molecule has 0 saturated carbocycles. The maximum absolute atomic E-state index is 13.0. The molecule has 1 aromatic heterocycles. The van der Waals surface area contributed by atoms with E-state index in [0.717, 1.165) is 5.76 Å². The van der Waals surface area contributed by atoms with Crippen molar-refractivity contribution in [3.63, 3.8) is 0 Å². The third-order valence-electron chi connectivity index (χ3n) is 4.20. The molecule has 0 bridgehead atoms. The van der Waals surface area contributed by atoms with Crippen molar-refractivity contribution in [2.75, 3.05) is 6.54 Å². The Morgan fingerprint density at radius 1 is 1.00 bits per heavy atom. The molecule has 1 amide bonds. The molecule has 0 N–H and O–H groups in total. The Balaban J connectivity index is 1.56. The average Bonchev–Trinajstić information content (AvgIpc) is 3.05. The Morgan fingerprint density at radius 3 is 2.32 bits per heavy atom. The smallest absolute Gasteiger partial charge is 0.254 e. The van der Waals surface area contributed by atoms with Gasteiger partial charge >= 0.3 is 0 Å². The van der Waals surface area contributed by atoms with Crippen LogP contribution in [0.3, 0.4) is 0 Å². The molecule has 0 fully saturated rings. The molecule has 0 saturated heterocycles. The van der Waals surface area contributed by atoms with Crippen LogP contribution in [0.1, 0.15) is 21.8 Å². The monoisotopic (exact) mass is 340 g/mol. The lowest BCUT2D eigenvalue weighted by Crippen LogP contribution is -2.35. The van der Waals surface area contributed by atoms with Crippen molar-refractivity contribution in [2.45, 2.75) is 13.0 Å². The fourth-order valence-corrected chi connectivity index (χ4v) is 2.86. The highest BCUT2D eigenvalue weighted by atomic mass is 19.1. The Morgan fingerprint density at radius 2 is 1.64 bits per heavy atom. The maximum Gasteiger partial charge on any atom is 0.254 e. The van der Waals surface area contributed by atoms with E-state index < -0.39 is 0 Å². The van der Waals surface area contributed by atoms with Gasteiger partial charge in [-0.1, -0.05) is 0 Å². The normalized spacial score (nSPS) is 13.6. The van der Waals surface area contributed by atoms with Crippen LogP contribution in [0.5, 0.6) is 0 Å². The number of halogens is 2. The number of nitrogens with zero attached hydrogens (tertiary/aromatic N) is 2. The third-order valence-corrected chi connectivity index (χ3v) is 4.20. The predicted octanol–water partition coefficient (Wildman–Crippen LogP) is 3.82. The number of carbonyl (C=O) groups excluding carboxylic acids is 1. The molecule has 4 rings (SSSR count). The first kappa shape index (κ1) is 15.5. The zero-order chi connectivity index (χ0) is 17.4.